The summed E-state index contributed by atoms with van der Waals surface area (Å²) in [5, 5.41) is 10.4. The second-order valence-corrected chi connectivity index (χ2v) is 10.4. The number of nitrogens with two attached hydrogens (primary N) is 1. The molecule has 1 aliphatic heterocycles. The minimum absolute atomic E-state index is 0.132. The fourth-order valence-corrected chi connectivity index (χ4v) is 6.08. The summed E-state index contributed by atoms with van der Waals surface area (Å²) in [7, 11) is 0. The highest BCUT2D eigenvalue weighted by Gasteiger charge is 2.47. The lowest BCUT2D eigenvalue weighted by Gasteiger charge is -2.43. The van der Waals surface area contributed by atoms with Crippen molar-refractivity contribution < 1.29 is 9.53 Å². The average Bonchev–Trinajstić information content (AvgIpc) is 3.17. The number of carbonyl (C=O) groups is 1. The summed E-state index contributed by atoms with van der Waals surface area (Å²) in [6, 6.07) is 13.2. The van der Waals surface area contributed by atoms with Crippen molar-refractivity contribution in [2.75, 3.05) is 24.6 Å². The van der Waals surface area contributed by atoms with E-state index >= 15 is 0 Å². The Morgan fingerprint density at radius 3 is 2.65 bits per heavy atom. The normalized spacial score (nSPS) is 17.9. The van der Waals surface area contributed by atoms with Crippen LogP contribution >= 0.6 is 23.2 Å². The van der Waals surface area contributed by atoms with Crippen molar-refractivity contribution in [2.45, 2.75) is 39.2 Å². The summed E-state index contributed by atoms with van der Waals surface area (Å²) in [6.07, 6.45) is 2.45. The van der Waals surface area contributed by atoms with Crippen LogP contribution in [0, 0.1) is 23.7 Å². The first-order chi connectivity index (χ1) is 17.8. The van der Waals surface area contributed by atoms with E-state index in [0.717, 1.165) is 30.4 Å². The van der Waals surface area contributed by atoms with E-state index in [1.54, 1.807) is 25.1 Å². The molecule has 190 valence electrons. The van der Waals surface area contributed by atoms with Crippen LogP contribution in [0.15, 0.2) is 36.4 Å². The number of rotatable bonds is 4. The van der Waals surface area contributed by atoms with Gasteiger partial charge in [0, 0.05) is 24.7 Å². The first kappa shape index (κ1) is 25.5. The Bertz CT molecular complexity index is 1430. The molecule has 1 spiro atoms. The van der Waals surface area contributed by atoms with Crippen LogP contribution in [0.1, 0.15) is 58.7 Å². The number of halogens is 2. The third-order valence-electron chi connectivity index (χ3n) is 7.62. The highest BCUT2D eigenvalue weighted by Crippen LogP contribution is 2.52. The quantitative estimate of drug-likeness (QED) is 0.430. The number of nitriles is 1. The molecule has 1 aliphatic carbocycles. The number of piperidine rings is 1. The van der Waals surface area contributed by atoms with E-state index in [1.165, 1.54) is 0 Å². The van der Waals surface area contributed by atoms with Crippen LogP contribution in [0.25, 0.3) is 11.3 Å². The van der Waals surface area contributed by atoms with Gasteiger partial charge in [0.15, 0.2) is 11.5 Å². The zero-order chi connectivity index (χ0) is 26.3. The van der Waals surface area contributed by atoms with Gasteiger partial charge in [-0.05, 0) is 61.8 Å². The molecule has 0 bridgehead atoms. The van der Waals surface area contributed by atoms with Crippen molar-refractivity contribution in [3.8, 4) is 17.3 Å². The Hall–Kier alpha value is -3.18. The predicted octanol–water partition coefficient (Wildman–Crippen LogP) is 5.65. The van der Waals surface area contributed by atoms with Gasteiger partial charge in [0.25, 0.3) is 0 Å². The Balaban J connectivity index is 1.48. The molecule has 5 rings (SSSR count). The molecule has 2 aromatic carbocycles. The van der Waals surface area contributed by atoms with Crippen LogP contribution in [0.5, 0.6) is 0 Å². The Morgan fingerprint density at radius 1 is 1.22 bits per heavy atom. The van der Waals surface area contributed by atoms with Gasteiger partial charge in [-0.25, -0.2) is 14.8 Å². The lowest BCUT2D eigenvalue weighted by Crippen LogP contribution is -2.45. The average molecular weight is 536 g/mol. The zero-order valence-corrected chi connectivity index (χ0v) is 22.2. The molecule has 2 aliphatic rings. The Kier molecular flexibility index (Phi) is 6.84. The van der Waals surface area contributed by atoms with E-state index in [4.69, 9.17) is 43.6 Å². The molecule has 9 heteroatoms. The summed E-state index contributed by atoms with van der Waals surface area (Å²) in [6.45, 7) is 5.13. The summed E-state index contributed by atoms with van der Waals surface area (Å²) in [5.41, 5.74) is 11.3. The number of ether oxygens (including phenoxy) is 1. The number of fused-ring (bicyclic) bond motifs is 1. The van der Waals surface area contributed by atoms with Crippen molar-refractivity contribution in [3.63, 3.8) is 0 Å². The molecule has 0 amide bonds. The number of hydrogen-bond donors (Lipinski definition) is 1. The van der Waals surface area contributed by atoms with Crippen LogP contribution in [0.2, 0.25) is 10.0 Å². The second kappa shape index (κ2) is 9.94. The van der Waals surface area contributed by atoms with E-state index in [2.05, 4.69) is 17.0 Å². The highest BCUT2D eigenvalue weighted by atomic mass is 35.5. The third-order valence-corrected chi connectivity index (χ3v) is 8.44. The van der Waals surface area contributed by atoms with Crippen LogP contribution in [-0.2, 0) is 11.2 Å². The summed E-state index contributed by atoms with van der Waals surface area (Å²) < 4.78 is 5.34. The molecule has 0 radical (unpaired) electrons. The summed E-state index contributed by atoms with van der Waals surface area (Å²) in [4.78, 5) is 24.6. The second-order valence-electron chi connectivity index (χ2n) is 9.65. The van der Waals surface area contributed by atoms with Gasteiger partial charge >= 0.3 is 5.97 Å². The van der Waals surface area contributed by atoms with Gasteiger partial charge in [-0.15, -0.1) is 0 Å². The van der Waals surface area contributed by atoms with E-state index < -0.39 is 5.97 Å². The third kappa shape index (κ3) is 4.33. The monoisotopic (exact) mass is 535 g/mol. The fourth-order valence-electron chi connectivity index (χ4n) is 5.69. The number of carbonyl (C=O) groups excluding carboxylic acids is 1. The van der Waals surface area contributed by atoms with Gasteiger partial charge in [0.2, 0.25) is 0 Å². The van der Waals surface area contributed by atoms with Gasteiger partial charge in [-0.2, -0.15) is 5.26 Å². The minimum Gasteiger partial charge on any atom is -0.461 e. The maximum atomic E-state index is 13.0. The van der Waals surface area contributed by atoms with Crippen molar-refractivity contribution in [1.29, 1.82) is 5.26 Å². The van der Waals surface area contributed by atoms with Gasteiger partial charge in [-0.3, -0.25) is 0 Å². The van der Waals surface area contributed by atoms with Gasteiger partial charge in [-0.1, -0.05) is 47.5 Å². The fraction of sp³-hybridized carbons (Fsp3) is 0.357. The van der Waals surface area contributed by atoms with Crippen LogP contribution in [0.3, 0.4) is 0 Å². The molecule has 2 heterocycles. The van der Waals surface area contributed by atoms with E-state index in [1.807, 2.05) is 19.1 Å². The number of aromatic nitrogens is 2. The molecule has 37 heavy (non-hydrogen) atoms. The van der Waals surface area contributed by atoms with Gasteiger partial charge in [0.05, 0.1) is 39.7 Å². The predicted molar refractivity (Wildman–Crippen MR) is 144 cm³/mol. The molecule has 2 N–H and O–H groups in total. The van der Waals surface area contributed by atoms with Crippen molar-refractivity contribution in [3.05, 3.63) is 74.5 Å². The molecule has 1 atom stereocenters. The first-order valence-electron chi connectivity index (χ1n) is 12.3. The van der Waals surface area contributed by atoms with Gasteiger partial charge < -0.3 is 15.4 Å². The largest absolute Gasteiger partial charge is 0.461 e. The lowest BCUT2D eigenvalue weighted by molar-refractivity contribution is 0.0519. The number of anilines is 1. The highest BCUT2D eigenvalue weighted by molar-refractivity contribution is 6.43. The van der Waals surface area contributed by atoms with Crippen LogP contribution in [0.4, 0.5) is 5.82 Å². The summed E-state index contributed by atoms with van der Waals surface area (Å²) >= 11 is 12.7. The smallest absolute Gasteiger partial charge is 0.360 e. The molecule has 7 nitrogen and oxygen atoms in total. The number of esters is 1. The molecular weight excluding hydrogens is 509 g/mol. The molecular formula is C28H27Cl2N5O2. The standard InChI is InChI=1S/C28H27Cl2N5O2/c1-3-37-27(36)24-26(33-16(2)23(34-24)19-8-5-9-20(29)22(19)30)35-12-10-28(11-13-35)14-17-6-4-7-18(15-31)21(17)25(28)32/h4-9,25H,3,10-14,32H2,1-2H3/t25-/m1/s1. The van der Waals surface area contributed by atoms with Crippen molar-refractivity contribution in [2.24, 2.45) is 11.1 Å². The number of nitrogens with zero attached hydrogens (tertiary/aromatic N) is 4. The van der Waals surface area contributed by atoms with Crippen LogP contribution < -0.4 is 10.6 Å². The number of aryl methyl sites for hydroxylation is 1. The minimum atomic E-state index is -0.534. The molecule has 1 aromatic heterocycles. The first-order valence-corrected chi connectivity index (χ1v) is 13.1. The number of hydrogen-bond acceptors (Lipinski definition) is 7. The van der Waals surface area contributed by atoms with Crippen molar-refractivity contribution >= 4 is 35.0 Å². The topological polar surface area (TPSA) is 105 Å². The molecule has 1 saturated heterocycles. The molecule has 3 aromatic rings. The van der Waals surface area contributed by atoms with E-state index in [9.17, 15) is 10.1 Å². The lowest BCUT2D eigenvalue weighted by atomic mass is 9.73. The Morgan fingerprint density at radius 2 is 1.95 bits per heavy atom. The maximum Gasteiger partial charge on any atom is 0.360 e. The number of benzene rings is 2. The molecule has 0 unspecified atom stereocenters. The SMILES string of the molecule is CCOC(=O)c1nc(-c2cccc(Cl)c2Cl)c(C)nc1N1CCC2(CC1)Cc1cccc(C#N)c1[C@H]2N. The maximum absolute atomic E-state index is 13.0. The summed E-state index contributed by atoms with van der Waals surface area (Å²) in [5.74, 6) is -0.0391. The molecule has 1 fully saturated rings. The van der Waals surface area contributed by atoms with Crippen molar-refractivity contribution in [1.82, 2.24) is 9.97 Å². The Labute approximate surface area is 226 Å². The van der Waals surface area contributed by atoms with Gasteiger partial charge in [0.1, 0.15) is 0 Å². The van der Waals surface area contributed by atoms with Crippen LogP contribution in [-0.4, -0.2) is 35.6 Å². The molecule has 0 saturated carbocycles. The van der Waals surface area contributed by atoms with E-state index in [0.29, 0.717) is 51.5 Å². The van der Waals surface area contributed by atoms with E-state index in [-0.39, 0.29) is 23.8 Å². The zero-order valence-electron chi connectivity index (χ0n) is 20.7.